The van der Waals surface area contributed by atoms with Gasteiger partial charge in [-0.1, -0.05) is 12.1 Å². The SMILES string of the molecule is CS(=O)(=O)CCC(O)c1ccc(S(C)(=O)=O)cc1. The number of aliphatic hydroxyl groups is 1. The van der Waals surface area contributed by atoms with Gasteiger partial charge in [0, 0.05) is 12.5 Å². The monoisotopic (exact) mass is 292 g/mol. The van der Waals surface area contributed by atoms with Gasteiger partial charge in [0.25, 0.3) is 0 Å². The highest BCUT2D eigenvalue weighted by atomic mass is 32.2. The zero-order chi connectivity index (χ0) is 14.0. The third-order valence-corrected chi connectivity index (χ3v) is 4.56. The standard InChI is InChI=1S/C11H16O5S2/c1-17(13,14)8-7-11(12)9-3-5-10(6-4-9)18(2,15)16/h3-6,11-12H,7-8H2,1-2H3. The summed E-state index contributed by atoms with van der Waals surface area (Å²) >= 11 is 0. The second-order valence-corrected chi connectivity index (χ2v) is 8.55. The second kappa shape index (κ2) is 5.38. The van der Waals surface area contributed by atoms with E-state index >= 15 is 0 Å². The molecule has 1 atom stereocenters. The summed E-state index contributed by atoms with van der Waals surface area (Å²) < 4.78 is 44.4. The van der Waals surface area contributed by atoms with Crippen LogP contribution in [-0.4, -0.2) is 40.2 Å². The van der Waals surface area contributed by atoms with Crippen LogP contribution < -0.4 is 0 Å². The van der Waals surface area contributed by atoms with E-state index in [9.17, 15) is 21.9 Å². The first-order valence-electron chi connectivity index (χ1n) is 5.25. The van der Waals surface area contributed by atoms with Gasteiger partial charge in [0.2, 0.25) is 0 Å². The summed E-state index contributed by atoms with van der Waals surface area (Å²) in [7, 11) is -6.37. The third kappa shape index (κ3) is 4.75. The molecule has 0 saturated heterocycles. The van der Waals surface area contributed by atoms with Crippen molar-refractivity contribution in [1.29, 1.82) is 0 Å². The van der Waals surface area contributed by atoms with Crippen LogP contribution in [0.3, 0.4) is 0 Å². The van der Waals surface area contributed by atoms with Gasteiger partial charge in [-0.25, -0.2) is 16.8 Å². The summed E-state index contributed by atoms with van der Waals surface area (Å²) in [4.78, 5) is 0.168. The number of sulfone groups is 2. The van der Waals surface area contributed by atoms with Gasteiger partial charge in [-0.3, -0.25) is 0 Å². The van der Waals surface area contributed by atoms with E-state index in [-0.39, 0.29) is 17.1 Å². The Labute approximate surface area is 107 Å². The van der Waals surface area contributed by atoms with Crippen LogP contribution in [0, 0.1) is 0 Å². The Balaban J connectivity index is 2.80. The molecule has 1 rings (SSSR count). The molecule has 0 spiro atoms. The van der Waals surface area contributed by atoms with Crippen molar-refractivity contribution in [3.8, 4) is 0 Å². The third-order valence-electron chi connectivity index (χ3n) is 2.46. The lowest BCUT2D eigenvalue weighted by Gasteiger charge is -2.10. The van der Waals surface area contributed by atoms with Crippen molar-refractivity contribution in [2.75, 3.05) is 18.3 Å². The fraction of sp³-hybridized carbons (Fsp3) is 0.455. The van der Waals surface area contributed by atoms with Gasteiger partial charge >= 0.3 is 0 Å². The van der Waals surface area contributed by atoms with E-state index in [1.165, 1.54) is 24.3 Å². The van der Waals surface area contributed by atoms with E-state index in [4.69, 9.17) is 0 Å². The van der Waals surface area contributed by atoms with Crippen LogP contribution in [0.5, 0.6) is 0 Å². The smallest absolute Gasteiger partial charge is 0.175 e. The molecule has 0 aliphatic heterocycles. The molecule has 0 fully saturated rings. The molecule has 1 N–H and O–H groups in total. The van der Waals surface area contributed by atoms with E-state index in [1.54, 1.807) is 0 Å². The maximum absolute atomic E-state index is 11.2. The van der Waals surface area contributed by atoms with Crippen molar-refractivity contribution in [3.05, 3.63) is 29.8 Å². The Morgan fingerprint density at radius 1 is 1.06 bits per heavy atom. The molecular formula is C11H16O5S2. The topological polar surface area (TPSA) is 88.5 Å². The lowest BCUT2D eigenvalue weighted by Crippen LogP contribution is -2.08. The summed E-state index contributed by atoms with van der Waals surface area (Å²) in [6.45, 7) is 0. The number of rotatable bonds is 5. The molecule has 102 valence electrons. The molecule has 0 amide bonds. The van der Waals surface area contributed by atoms with E-state index in [2.05, 4.69) is 0 Å². The average molecular weight is 292 g/mol. The molecule has 5 nitrogen and oxygen atoms in total. The highest BCUT2D eigenvalue weighted by Crippen LogP contribution is 2.19. The quantitative estimate of drug-likeness (QED) is 0.856. The number of hydrogen-bond donors (Lipinski definition) is 1. The largest absolute Gasteiger partial charge is 0.388 e. The molecule has 0 radical (unpaired) electrons. The van der Waals surface area contributed by atoms with Gasteiger partial charge in [-0.05, 0) is 24.1 Å². The van der Waals surface area contributed by atoms with Gasteiger partial charge in [0.15, 0.2) is 9.84 Å². The Morgan fingerprint density at radius 3 is 1.94 bits per heavy atom. The maximum atomic E-state index is 11.2. The summed E-state index contributed by atoms with van der Waals surface area (Å²) in [5.74, 6) is -0.109. The minimum absolute atomic E-state index is 0.0943. The fourth-order valence-electron chi connectivity index (χ4n) is 1.43. The fourth-order valence-corrected chi connectivity index (χ4v) is 2.71. The van der Waals surface area contributed by atoms with Crippen LogP contribution in [0.1, 0.15) is 18.1 Å². The highest BCUT2D eigenvalue weighted by molar-refractivity contribution is 7.91. The predicted molar refractivity (Wildman–Crippen MR) is 68.8 cm³/mol. The van der Waals surface area contributed by atoms with Crippen LogP contribution >= 0.6 is 0 Å². The van der Waals surface area contributed by atoms with Gasteiger partial charge in [0.05, 0.1) is 16.8 Å². The van der Waals surface area contributed by atoms with E-state index < -0.39 is 25.8 Å². The Kier molecular flexibility index (Phi) is 4.52. The van der Waals surface area contributed by atoms with E-state index in [1.807, 2.05) is 0 Å². The first-order chi connectivity index (χ1) is 8.09. The van der Waals surface area contributed by atoms with Gasteiger partial charge in [-0.2, -0.15) is 0 Å². The van der Waals surface area contributed by atoms with Crippen molar-refractivity contribution in [2.24, 2.45) is 0 Å². The molecular weight excluding hydrogens is 276 g/mol. The summed E-state index contributed by atoms with van der Waals surface area (Å²) in [6, 6.07) is 5.77. The summed E-state index contributed by atoms with van der Waals surface area (Å²) in [5, 5.41) is 9.76. The minimum atomic E-state index is -3.26. The number of benzene rings is 1. The molecule has 0 aliphatic rings. The lowest BCUT2D eigenvalue weighted by molar-refractivity contribution is 0.174. The van der Waals surface area contributed by atoms with E-state index in [0.29, 0.717) is 5.56 Å². The minimum Gasteiger partial charge on any atom is -0.388 e. The lowest BCUT2D eigenvalue weighted by atomic mass is 10.1. The number of hydrogen-bond acceptors (Lipinski definition) is 5. The molecule has 7 heteroatoms. The zero-order valence-electron chi connectivity index (χ0n) is 10.2. The molecule has 1 unspecified atom stereocenters. The normalized spacial score (nSPS) is 14.4. The molecule has 0 saturated carbocycles. The van der Waals surface area contributed by atoms with Crippen molar-refractivity contribution in [1.82, 2.24) is 0 Å². The van der Waals surface area contributed by atoms with Crippen molar-refractivity contribution in [3.63, 3.8) is 0 Å². The number of aliphatic hydroxyl groups excluding tert-OH is 1. The predicted octanol–water partition coefficient (Wildman–Crippen LogP) is 0.558. The first kappa shape index (κ1) is 15.1. The molecule has 1 aromatic carbocycles. The Bertz CT molecular complexity index is 599. The van der Waals surface area contributed by atoms with Crippen LogP contribution in [-0.2, 0) is 19.7 Å². The van der Waals surface area contributed by atoms with E-state index in [0.717, 1.165) is 12.5 Å². The molecule has 0 bridgehead atoms. The second-order valence-electron chi connectivity index (χ2n) is 4.28. The van der Waals surface area contributed by atoms with Gasteiger partial charge in [0.1, 0.15) is 9.84 Å². The molecule has 0 aromatic heterocycles. The van der Waals surface area contributed by atoms with Crippen LogP contribution in [0.15, 0.2) is 29.2 Å². The Hall–Kier alpha value is -0.920. The highest BCUT2D eigenvalue weighted by Gasteiger charge is 2.13. The maximum Gasteiger partial charge on any atom is 0.175 e. The molecule has 0 heterocycles. The molecule has 1 aromatic rings. The van der Waals surface area contributed by atoms with Crippen LogP contribution in [0.4, 0.5) is 0 Å². The average Bonchev–Trinajstić information content (AvgIpc) is 2.24. The molecule has 18 heavy (non-hydrogen) atoms. The Morgan fingerprint density at radius 2 is 1.56 bits per heavy atom. The van der Waals surface area contributed by atoms with Crippen molar-refractivity contribution >= 4 is 19.7 Å². The molecule has 0 aliphatic carbocycles. The summed E-state index contributed by atoms with van der Waals surface area (Å²) in [6.07, 6.45) is 1.39. The van der Waals surface area contributed by atoms with Crippen molar-refractivity contribution < 1.29 is 21.9 Å². The van der Waals surface area contributed by atoms with Gasteiger partial charge in [-0.15, -0.1) is 0 Å². The first-order valence-corrected chi connectivity index (χ1v) is 9.20. The summed E-state index contributed by atoms with van der Waals surface area (Å²) in [5.41, 5.74) is 0.506. The van der Waals surface area contributed by atoms with Crippen LogP contribution in [0.2, 0.25) is 0 Å². The van der Waals surface area contributed by atoms with Crippen molar-refractivity contribution in [2.45, 2.75) is 17.4 Å². The van der Waals surface area contributed by atoms with Crippen LogP contribution in [0.25, 0.3) is 0 Å². The van der Waals surface area contributed by atoms with Gasteiger partial charge < -0.3 is 5.11 Å². The zero-order valence-corrected chi connectivity index (χ0v) is 11.8.